The maximum atomic E-state index is 13.5. The third kappa shape index (κ3) is 2.98. The Balaban J connectivity index is 1.68. The van der Waals surface area contributed by atoms with Crippen LogP contribution in [-0.2, 0) is 13.1 Å². The summed E-state index contributed by atoms with van der Waals surface area (Å²) in [6.45, 7) is 0.819. The fourth-order valence-corrected chi connectivity index (χ4v) is 1.97. The number of benzene rings is 1. The van der Waals surface area contributed by atoms with Crippen molar-refractivity contribution < 1.29 is 8.78 Å². The van der Waals surface area contributed by atoms with Gasteiger partial charge in [0.2, 0.25) is 0 Å². The molecule has 0 amide bonds. The molecule has 3 rings (SSSR count). The lowest BCUT2D eigenvalue weighted by Crippen LogP contribution is -2.16. The van der Waals surface area contributed by atoms with Crippen molar-refractivity contribution in [2.75, 3.05) is 0 Å². The number of nitrogens with zero attached hydrogens (tertiary/aromatic N) is 2. The van der Waals surface area contributed by atoms with E-state index in [0.717, 1.165) is 5.69 Å². The number of nitrogens with one attached hydrogen (secondary N) is 1. The van der Waals surface area contributed by atoms with E-state index in [9.17, 15) is 8.78 Å². The summed E-state index contributed by atoms with van der Waals surface area (Å²) in [5.74, 6) is -1.07. The molecule has 0 radical (unpaired) electrons. The van der Waals surface area contributed by atoms with E-state index in [2.05, 4.69) is 10.4 Å². The van der Waals surface area contributed by atoms with Crippen LogP contribution in [0.2, 0.25) is 0 Å². The molecule has 100 valence electrons. The van der Waals surface area contributed by atoms with E-state index in [1.807, 2.05) is 6.07 Å². The van der Waals surface area contributed by atoms with Crippen molar-refractivity contribution in [1.29, 1.82) is 0 Å². The fourth-order valence-electron chi connectivity index (χ4n) is 1.97. The summed E-state index contributed by atoms with van der Waals surface area (Å²) in [7, 11) is 0. The summed E-state index contributed by atoms with van der Waals surface area (Å²) in [6, 6.07) is 6.37. The van der Waals surface area contributed by atoms with E-state index in [1.165, 1.54) is 31.0 Å². The maximum absolute atomic E-state index is 13.5. The zero-order valence-electron chi connectivity index (χ0n) is 10.4. The highest BCUT2D eigenvalue weighted by Gasteiger charge is 2.20. The summed E-state index contributed by atoms with van der Waals surface area (Å²) < 4.78 is 28.6. The van der Waals surface area contributed by atoms with Gasteiger partial charge in [0.05, 0.1) is 12.2 Å². The van der Waals surface area contributed by atoms with E-state index in [4.69, 9.17) is 0 Å². The highest BCUT2D eigenvalue weighted by atomic mass is 19.1. The molecular weight excluding hydrogens is 248 g/mol. The van der Waals surface area contributed by atoms with Gasteiger partial charge < -0.3 is 5.32 Å². The van der Waals surface area contributed by atoms with Gasteiger partial charge >= 0.3 is 0 Å². The molecular formula is C14H15F2N3. The van der Waals surface area contributed by atoms with Gasteiger partial charge in [0.25, 0.3) is 0 Å². The summed E-state index contributed by atoms with van der Waals surface area (Å²) in [5, 5.41) is 7.66. The Labute approximate surface area is 110 Å². The van der Waals surface area contributed by atoms with Crippen LogP contribution in [0, 0.1) is 11.6 Å². The average Bonchev–Trinajstić information content (AvgIpc) is 3.11. The van der Waals surface area contributed by atoms with Gasteiger partial charge in [-0.3, -0.25) is 4.68 Å². The molecule has 1 aliphatic carbocycles. The molecule has 0 bridgehead atoms. The lowest BCUT2D eigenvalue weighted by molar-refractivity contribution is 0.530. The van der Waals surface area contributed by atoms with Crippen LogP contribution in [-0.4, -0.2) is 15.8 Å². The van der Waals surface area contributed by atoms with Gasteiger partial charge in [0, 0.05) is 24.3 Å². The molecule has 0 spiro atoms. The second-order valence-electron chi connectivity index (χ2n) is 4.86. The Morgan fingerprint density at radius 3 is 2.63 bits per heavy atom. The number of aromatic nitrogens is 2. The normalized spacial score (nSPS) is 14.8. The quantitative estimate of drug-likeness (QED) is 0.898. The van der Waals surface area contributed by atoms with E-state index in [-0.39, 0.29) is 12.1 Å². The molecule has 5 heteroatoms. The Hall–Kier alpha value is -1.75. The molecule has 1 aromatic carbocycles. The van der Waals surface area contributed by atoms with Crippen molar-refractivity contribution in [2.45, 2.75) is 32.0 Å². The minimum absolute atomic E-state index is 0.0484. The van der Waals surface area contributed by atoms with Gasteiger partial charge in [0.1, 0.15) is 11.6 Å². The predicted octanol–water partition coefficient (Wildman–Crippen LogP) is 2.46. The van der Waals surface area contributed by atoms with Crippen LogP contribution in [0.1, 0.15) is 24.1 Å². The minimum atomic E-state index is -0.534. The number of rotatable bonds is 5. The molecule has 0 aliphatic heterocycles. The van der Waals surface area contributed by atoms with E-state index in [1.54, 1.807) is 10.9 Å². The topological polar surface area (TPSA) is 29.9 Å². The smallest absolute Gasteiger partial charge is 0.131 e. The molecule has 1 fully saturated rings. The summed E-state index contributed by atoms with van der Waals surface area (Å²) in [6.07, 6.45) is 4.19. The van der Waals surface area contributed by atoms with Gasteiger partial charge in [-0.2, -0.15) is 5.10 Å². The van der Waals surface area contributed by atoms with Crippen LogP contribution in [0.15, 0.2) is 30.5 Å². The first-order valence-corrected chi connectivity index (χ1v) is 6.41. The molecule has 0 unspecified atom stereocenters. The number of halogens is 2. The van der Waals surface area contributed by atoms with Crippen LogP contribution in [0.25, 0.3) is 0 Å². The van der Waals surface area contributed by atoms with Crippen molar-refractivity contribution in [3.63, 3.8) is 0 Å². The number of hydrogen-bond donors (Lipinski definition) is 1. The third-order valence-corrected chi connectivity index (χ3v) is 3.23. The van der Waals surface area contributed by atoms with Gasteiger partial charge in [-0.25, -0.2) is 8.78 Å². The zero-order chi connectivity index (χ0) is 13.2. The lowest BCUT2D eigenvalue weighted by atomic mass is 10.2. The summed E-state index contributed by atoms with van der Waals surface area (Å²) >= 11 is 0. The zero-order valence-corrected chi connectivity index (χ0v) is 10.4. The molecule has 1 N–H and O–H groups in total. The second-order valence-corrected chi connectivity index (χ2v) is 4.86. The molecule has 1 aliphatic rings. The second kappa shape index (κ2) is 5.09. The first-order chi connectivity index (χ1) is 9.22. The van der Waals surface area contributed by atoms with Crippen molar-refractivity contribution in [2.24, 2.45) is 0 Å². The Bertz CT molecular complexity index is 556. The molecule has 1 aromatic heterocycles. The van der Waals surface area contributed by atoms with Gasteiger partial charge in [0.15, 0.2) is 0 Å². The Kier molecular flexibility index (Phi) is 3.29. The predicted molar refractivity (Wildman–Crippen MR) is 67.5 cm³/mol. The highest BCUT2D eigenvalue weighted by Crippen LogP contribution is 2.19. The molecule has 2 aromatic rings. The van der Waals surface area contributed by atoms with Crippen LogP contribution >= 0.6 is 0 Å². The average molecular weight is 263 g/mol. The lowest BCUT2D eigenvalue weighted by Gasteiger charge is -2.05. The molecule has 0 atom stereocenters. The van der Waals surface area contributed by atoms with E-state index < -0.39 is 11.6 Å². The highest BCUT2D eigenvalue weighted by molar-refractivity contribution is 5.20. The van der Waals surface area contributed by atoms with Crippen molar-refractivity contribution >= 4 is 0 Å². The van der Waals surface area contributed by atoms with Crippen molar-refractivity contribution in [1.82, 2.24) is 15.1 Å². The summed E-state index contributed by atoms with van der Waals surface area (Å²) in [5.41, 5.74) is 0.941. The van der Waals surface area contributed by atoms with Crippen LogP contribution in [0.4, 0.5) is 8.78 Å². The van der Waals surface area contributed by atoms with E-state index in [0.29, 0.717) is 12.6 Å². The largest absolute Gasteiger partial charge is 0.308 e. The van der Waals surface area contributed by atoms with Crippen LogP contribution in [0.3, 0.4) is 0 Å². The van der Waals surface area contributed by atoms with Gasteiger partial charge in [-0.05, 0) is 31.0 Å². The molecule has 1 heterocycles. The molecule has 0 saturated heterocycles. The first-order valence-electron chi connectivity index (χ1n) is 6.41. The maximum Gasteiger partial charge on any atom is 0.131 e. The first kappa shape index (κ1) is 12.3. The Morgan fingerprint density at radius 1 is 1.21 bits per heavy atom. The molecule has 3 nitrogen and oxygen atoms in total. The van der Waals surface area contributed by atoms with Gasteiger partial charge in [-0.15, -0.1) is 0 Å². The monoisotopic (exact) mass is 263 g/mol. The third-order valence-electron chi connectivity index (χ3n) is 3.23. The van der Waals surface area contributed by atoms with Crippen LogP contribution in [0.5, 0.6) is 0 Å². The summed E-state index contributed by atoms with van der Waals surface area (Å²) in [4.78, 5) is 0. The van der Waals surface area contributed by atoms with Gasteiger partial charge in [-0.1, -0.05) is 6.07 Å². The number of hydrogen-bond acceptors (Lipinski definition) is 2. The minimum Gasteiger partial charge on any atom is -0.308 e. The standard InChI is InChI=1S/C14H15F2N3/c15-13-2-1-3-14(16)12(13)9-19-7-6-11(18-19)8-17-10-4-5-10/h1-3,6-7,10,17H,4-5,8-9H2. The molecule has 19 heavy (non-hydrogen) atoms. The SMILES string of the molecule is Fc1cccc(F)c1Cn1ccc(CNC2CC2)n1. The van der Waals surface area contributed by atoms with Crippen molar-refractivity contribution in [3.8, 4) is 0 Å². The fraction of sp³-hybridized carbons (Fsp3) is 0.357. The van der Waals surface area contributed by atoms with E-state index >= 15 is 0 Å². The Morgan fingerprint density at radius 2 is 1.95 bits per heavy atom. The molecule has 1 saturated carbocycles. The van der Waals surface area contributed by atoms with Crippen LogP contribution < -0.4 is 5.32 Å². The van der Waals surface area contributed by atoms with Crippen molar-refractivity contribution in [3.05, 3.63) is 53.4 Å².